The second kappa shape index (κ2) is 8.00. The van der Waals surface area contributed by atoms with Crippen molar-refractivity contribution in [3.05, 3.63) is 63.5 Å². The van der Waals surface area contributed by atoms with Crippen LogP contribution in [0.2, 0.25) is 0 Å². The van der Waals surface area contributed by atoms with Gasteiger partial charge in [0.25, 0.3) is 5.91 Å². The Morgan fingerprint density at radius 2 is 2.03 bits per heavy atom. The van der Waals surface area contributed by atoms with Gasteiger partial charge in [-0.2, -0.15) is 0 Å². The van der Waals surface area contributed by atoms with Crippen LogP contribution in [0.5, 0.6) is 5.75 Å². The van der Waals surface area contributed by atoms with E-state index in [1.165, 1.54) is 5.56 Å². The molecule has 0 unspecified atom stereocenters. The molecular formula is C22H25N3O3S. The van der Waals surface area contributed by atoms with E-state index in [-0.39, 0.29) is 11.8 Å². The number of allylic oxidation sites excluding steroid dienone is 1. The van der Waals surface area contributed by atoms with E-state index in [9.17, 15) is 9.59 Å². The number of benzene rings is 1. The highest BCUT2D eigenvalue weighted by Gasteiger charge is 2.39. The summed E-state index contributed by atoms with van der Waals surface area (Å²) in [5.41, 5.74) is 3.64. The molecular weight excluding hydrogens is 386 g/mol. The minimum Gasteiger partial charge on any atom is -0.488 e. The summed E-state index contributed by atoms with van der Waals surface area (Å²) in [5, 5.41) is 4.66. The van der Waals surface area contributed by atoms with Crippen LogP contribution in [-0.4, -0.2) is 41.8 Å². The molecule has 1 fully saturated rings. The lowest BCUT2D eigenvalue weighted by atomic mass is 10.0. The molecule has 2 aliphatic rings. The van der Waals surface area contributed by atoms with Gasteiger partial charge in [0, 0.05) is 34.6 Å². The summed E-state index contributed by atoms with van der Waals surface area (Å²) in [5.74, 6) is 0.600. The standard InChI is InChI=1S/C22H25N3O3S/c1-14-4-9-19(21(26)23-14)25-11-17-18(22(25)27)13-29-20(17)12-28-16-7-5-15(6-8-16)10-24(2)3/h5-8,13,19H,1,4,9-12H2,2-3H3,(H,23,26)/t19-/m0/s1. The summed E-state index contributed by atoms with van der Waals surface area (Å²) < 4.78 is 5.96. The molecule has 6 nitrogen and oxygen atoms in total. The third-order valence-corrected chi connectivity index (χ3v) is 6.29. The minimum absolute atomic E-state index is 0.0665. The van der Waals surface area contributed by atoms with E-state index in [1.54, 1.807) is 16.2 Å². The molecule has 2 aliphatic heterocycles. The normalized spacial score (nSPS) is 18.9. The largest absolute Gasteiger partial charge is 0.488 e. The Kier molecular flexibility index (Phi) is 5.43. The Morgan fingerprint density at radius 1 is 1.28 bits per heavy atom. The molecule has 2 amide bonds. The van der Waals surface area contributed by atoms with E-state index < -0.39 is 6.04 Å². The monoisotopic (exact) mass is 411 g/mol. The van der Waals surface area contributed by atoms with Crippen molar-refractivity contribution in [3.63, 3.8) is 0 Å². The second-order valence-corrected chi connectivity index (χ2v) is 8.77. The van der Waals surface area contributed by atoms with Crippen molar-refractivity contribution in [1.29, 1.82) is 0 Å². The van der Waals surface area contributed by atoms with Crippen LogP contribution in [0.1, 0.15) is 39.2 Å². The number of nitrogens with one attached hydrogen (secondary N) is 1. The average molecular weight is 412 g/mol. The van der Waals surface area contributed by atoms with Gasteiger partial charge in [-0.05, 0) is 44.6 Å². The lowest BCUT2D eigenvalue weighted by Crippen LogP contribution is -2.49. The Morgan fingerprint density at radius 3 is 2.72 bits per heavy atom. The number of nitrogens with zero attached hydrogens (tertiary/aromatic N) is 2. The molecule has 1 N–H and O–H groups in total. The van der Waals surface area contributed by atoms with Gasteiger partial charge in [0.15, 0.2) is 0 Å². The predicted octanol–water partition coefficient (Wildman–Crippen LogP) is 3.14. The van der Waals surface area contributed by atoms with Crippen molar-refractivity contribution < 1.29 is 14.3 Å². The quantitative estimate of drug-likeness (QED) is 0.793. The lowest BCUT2D eigenvalue weighted by Gasteiger charge is -2.31. The molecule has 1 atom stereocenters. The zero-order valence-electron chi connectivity index (χ0n) is 16.7. The number of fused-ring (bicyclic) bond motifs is 1. The van der Waals surface area contributed by atoms with Crippen molar-refractivity contribution in [2.24, 2.45) is 0 Å². The van der Waals surface area contributed by atoms with Gasteiger partial charge >= 0.3 is 0 Å². The van der Waals surface area contributed by atoms with E-state index in [1.807, 2.05) is 31.6 Å². The van der Waals surface area contributed by atoms with Gasteiger partial charge in [-0.25, -0.2) is 0 Å². The number of rotatable bonds is 6. The van der Waals surface area contributed by atoms with Crippen LogP contribution >= 0.6 is 11.3 Å². The Balaban J connectivity index is 1.42. The van der Waals surface area contributed by atoms with Crippen molar-refractivity contribution in [2.45, 2.75) is 38.6 Å². The summed E-state index contributed by atoms with van der Waals surface area (Å²) in [6.45, 7) is 5.58. The molecule has 3 heterocycles. The van der Waals surface area contributed by atoms with Gasteiger partial charge in [0.2, 0.25) is 5.91 Å². The number of carbonyl (C=O) groups excluding carboxylic acids is 2. The summed E-state index contributed by atoms with van der Waals surface area (Å²) in [7, 11) is 4.08. The zero-order valence-corrected chi connectivity index (χ0v) is 17.6. The minimum atomic E-state index is -0.427. The van der Waals surface area contributed by atoms with Gasteiger partial charge in [0.05, 0.1) is 5.56 Å². The van der Waals surface area contributed by atoms with Crippen molar-refractivity contribution >= 4 is 23.2 Å². The van der Waals surface area contributed by atoms with Gasteiger partial charge in [0.1, 0.15) is 18.4 Å². The summed E-state index contributed by atoms with van der Waals surface area (Å²) >= 11 is 1.54. The third kappa shape index (κ3) is 4.06. The second-order valence-electron chi connectivity index (χ2n) is 7.80. The number of hydrogen-bond acceptors (Lipinski definition) is 5. The molecule has 0 bridgehead atoms. The molecule has 152 valence electrons. The fourth-order valence-electron chi connectivity index (χ4n) is 3.81. The van der Waals surface area contributed by atoms with Crippen LogP contribution < -0.4 is 10.1 Å². The Labute approximate surface area is 174 Å². The van der Waals surface area contributed by atoms with E-state index in [4.69, 9.17) is 4.74 Å². The molecule has 7 heteroatoms. The molecule has 0 saturated carbocycles. The number of amides is 2. The van der Waals surface area contributed by atoms with Crippen LogP contribution in [0.25, 0.3) is 0 Å². The number of piperidine rings is 1. The first-order valence-corrected chi connectivity index (χ1v) is 10.6. The van der Waals surface area contributed by atoms with Gasteiger partial charge in [-0.3, -0.25) is 9.59 Å². The number of carbonyl (C=O) groups is 2. The van der Waals surface area contributed by atoms with Crippen LogP contribution in [0.4, 0.5) is 0 Å². The first kappa shape index (κ1) is 19.7. The Hall–Kier alpha value is -2.64. The first-order valence-electron chi connectivity index (χ1n) is 9.67. The van der Waals surface area contributed by atoms with Gasteiger partial charge in [-0.1, -0.05) is 18.7 Å². The summed E-state index contributed by atoms with van der Waals surface area (Å²) in [4.78, 5) is 30.0. The molecule has 0 radical (unpaired) electrons. The molecule has 29 heavy (non-hydrogen) atoms. The maximum absolute atomic E-state index is 12.8. The lowest BCUT2D eigenvalue weighted by molar-refractivity contribution is -0.126. The van der Waals surface area contributed by atoms with Crippen LogP contribution in [-0.2, 0) is 24.5 Å². The molecule has 2 aromatic rings. The highest BCUT2D eigenvalue weighted by molar-refractivity contribution is 7.10. The highest BCUT2D eigenvalue weighted by atomic mass is 32.1. The summed E-state index contributed by atoms with van der Waals surface area (Å²) in [6.07, 6.45) is 1.32. The van der Waals surface area contributed by atoms with E-state index in [0.29, 0.717) is 31.6 Å². The SMILES string of the molecule is C=C1CC[C@H](N2Cc3c(csc3COc3ccc(CN(C)C)cc3)C2=O)C(=O)N1. The van der Waals surface area contributed by atoms with Crippen LogP contribution in [0, 0.1) is 0 Å². The van der Waals surface area contributed by atoms with Gasteiger partial charge in [-0.15, -0.1) is 11.3 Å². The van der Waals surface area contributed by atoms with Crippen LogP contribution in [0.3, 0.4) is 0 Å². The van der Waals surface area contributed by atoms with Crippen LogP contribution in [0.15, 0.2) is 41.9 Å². The van der Waals surface area contributed by atoms with Crippen molar-refractivity contribution in [2.75, 3.05) is 14.1 Å². The number of ether oxygens (including phenoxy) is 1. The van der Waals surface area contributed by atoms with E-state index >= 15 is 0 Å². The van der Waals surface area contributed by atoms with Crippen molar-refractivity contribution in [3.8, 4) is 5.75 Å². The Bertz CT molecular complexity index is 949. The molecule has 1 aromatic heterocycles. The predicted molar refractivity (Wildman–Crippen MR) is 113 cm³/mol. The molecule has 0 spiro atoms. The molecule has 1 saturated heterocycles. The average Bonchev–Trinajstić information content (AvgIpc) is 3.21. The fraction of sp³-hybridized carbons (Fsp3) is 0.364. The molecule has 1 aromatic carbocycles. The van der Waals surface area contributed by atoms with E-state index in [2.05, 4.69) is 28.9 Å². The zero-order chi connectivity index (χ0) is 20.5. The third-order valence-electron chi connectivity index (χ3n) is 5.29. The first-order chi connectivity index (χ1) is 13.9. The number of thiophene rings is 1. The highest BCUT2D eigenvalue weighted by Crippen LogP contribution is 2.34. The summed E-state index contributed by atoms with van der Waals surface area (Å²) in [6, 6.07) is 7.65. The topological polar surface area (TPSA) is 61.9 Å². The fourth-order valence-corrected chi connectivity index (χ4v) is 4.76. The van der Waals surface area contributed by atoms with Crippen molar-refractivity contribution in [1.82, 2.24) is 15.1 Å². The van der Waals surface area contributed by atoms with Gasteiger partial charge < -0.3 is 19.9 Å². The van der Waals surface area contributed by atoms with E-state index in [0.717, 1.165) is 28.4 Å². The smallest absolute Gasteiger partial charge is 0.256 e. The maximum Gasteiger partial charge on any atom is 0.256 e. The maximum atomic E-state index is 12.8. The molecule has 4 rings (SSSR count). The molecule has 0 aliphatic carbocycles. The number of hydrogen-bond donors (Lipinski definition) is 1.